The van der Waals surface area contributed by atoms with Gasteiger partial charge in [0.15, 0.2) is 0 Å². The Hall–Kier alpha value is -2.79. The fourth-order valence-corrected chi connectivity index (χ4v) is 3.21. The smallest absolute Gasteiger partial charge is 0.229 e. The second-order valence-electron chi connectivity index (χ2n) is 6.18. The van der Waals surface area contributed by atoms with Crippen molar-refractivity contribution in [2.75, 3.05) is 41.3 Å². The molecule has 1 N–H and O–H groups in total. The van der Waals surface area contributed by atoms with Crippen LogP contribution in [0.2, 0.25) is 5.02 Å². The molecule has 1 aromatic heterocycles. The van der Waals surface area contributed by atoms with E-state index in [0.717, 1.165) is 37.7 Å². The Kier molecular flexibility index (Phi) is 4.88. The van der Waals surface area contributed by atoms with Crippen molar-refractivity contribution in [3.63, 3.8) is 0 Å². The molecule has 2 heterocycles. The van der Waals surface area contributed by atoms with Gasteiger partial charge in [0.2, 0.25) is 5.95 Å². The summed E-state index contributed by atoms with van der Waals surface area (Å²) in [6.07, 6.45) is 1.80. The van der Waals surface area contributed by atoms with Gasteiger partial charge in [0.05, 0.1) is 0 Å². The number of anilines is 4. The number of para-hydroxylation sites is 1. The Labute approximate surface area is 158 Å². The number of hydrogen-bond acceptors (Lipinski definition) is 5. The maximum Gasteiger partial charge on any atom is 0.229 e. The molecule has 2 aromatic carbocycles. The Bertz CT molecular complexity index is 846. The van der Waals surface area contributed by atoms with Crippen LogP contribution in [0.1, 0.15) is 0 Å². The van der Waals surface area contributed by atoms with Crippen molar-refractivity contribution in [2.45, 2.75) is 0 Å². The highest BCUT2D eigenvalue weighted by atomic mass is 35.5. The summed E-state index contributed by atoms with van der Waals surface area (Å²) < 4.78 is 0. The van der Waals surface area contributed by atoms with E-state index in [2.05, 4.69) is 55.4 Å². The molecule has 0 unspecified atom stereocenters. The van der Waals surface area contributed by atoms with Crippen molar-refractivity contribution in [1.29, 1.82) is 0 Å². The third kappa shape index (κ3) is 3.89. The second kappa shape index (κ2) is 7.62. The number of rotatable bonds is 4. The average molecular weight is 366 g/mol. The van der Waals surface area contributed by atoms with Crippen molar-refractivity contribution in [1.82, 2.24) is 9.97 Å². The first-order valence-electron chi connectivity index (χ1n) is 8.68. The number of aromatic nitrogens is 2. The maximum absolute atomic E-state index is 5.93. The van der Waals surface area contributed by atoms with Crippen LogP contribution in [0.4, 0.5) is 23.1 Å². The van der Waals surface area contributed by atoms with Gasteiger partial charge in [-0.15, -0.1) is 0 Å². The van der Waals surface area contributed by atoms with Crippen LogP contribution in [0.3, 0.4) is 0 Å². The summed E-state index contributed by atoms with van der Waals surface area (Å²) in [5.74, 6) is 1.54. The van der Waals surface area contributed by atoms with E-state index < -0.39 is 0 Å². The van der Waals surface area contributed by atoms with E-state index in [1.807, 2.05) is 30.3 Å². The summed E-state index contributed by atoms with van der Waals surface area (Å²) in [6.45, 7) is 3.83. The summed E-state index contributed by atoms with van der Waals surface area (Å²) in [6, 6.07) is 20.0. The zero-order chi connectivity index (χ0) is 17.8. The quantitative estimate of drug-likeness (QED) is 0.750. The van der Waals surface area contributed by atoms with Gasteiger partial charge < -0.3 is 15.1 Å². The van der Waals surface area contributed by atoms with E-state index in [-0.39, 0.29) is 0 Å². The molecule has 0 amide bonds. The standard InChI is InChI=1S/C20H20ClN5/c21-16-6-8-17(9-7-16)23-20-22-11-10-19(24-20)26-14-12-25(13-15-26)18-4-2-1-3-5-18/h1-11H,12-15H2,(H,22,23,24). The highest BCUT2D eigenvalue weighted by Gasteiger charge is 2.18. The zero-order valence-electron chi connectivity index (χ0n) is 14.3. The third-order valence-electron chi connectivity index (χ3n) is 4.47. The van der Waals surface area contributed by atoms with Crippen LogP contribution in [0, 0.1) is 0 Å². The van der Waals surface area contributed by atoms with E-state index in [1.54, 1.807) is 6.20 Å². The molecule has 1 aliphatic rings. The first-order valence-corrected chi connectivity index (χ1v) is 9.06. The van der Waals surface area contributed by atoms with Gasteiger partial charge in [0.1, 0.15) is 5.82 Å². The monoisotopic (exact) mass is 365 g/mol. The summed E-state index contributed by atoms with van der Waals surface area (Å²) >= 11 is 5.93. The molecular formula is C20H20ClN5. The largest absolute Gasteiger partial charge is 0.368 e. The predicted molar refractivity (Wildman–Crippen MR) is 108 cm³/mol. The summed E-state index contributed by atoms with van der Waals surface area (Å²) in [7, 11) is 0. The maximum atomic E-state index is 5.93. The van der Waals surface area contributed by atoms with Crippen molar-refractivity contribution < 1.29 is 0 Å². The molecule has 132 valence electrons. The van der Waals surface area contributed by atoms with Crippen molar-refractivity contribution in [3.8, 4) is 0 Å². The van der Waals surface area contributed by atoms with Gasteiger partial charge in [-0.2, -0.15) is 4.98 Å². The molecule has 1 saturated heterocycles. The first kappa shape index (κ1) is 16.7. The minimum atomic E-state index is 0.593. The lowest BCUT2D eigenvalue weighted by Gasteiger charge is -2.36. The van der Waals surface area contributed by atoms with Crippen LogP contribution in [0.5, 0.6) is 0 Å². The highest BCUT2D eigenvalue weighted by Crippen LogP contribution is 2.21. The van der Waals surface area contributed by atoms with Crippen LogP contribution in [0.25, 0.3) is 0 Å². The molecule has 0 aliphatic carbocycles. The number of nitrogens with one attached hydrogen (secondary N) is 1. The molecule has 0 bridgehead atoms. The number of halogens is 1. The van der Waals surface area contributed by atoms with Crippen molar-refractivity contribution in [2.24, 2.45) is 0 Å². The van der Waals surface area contributed by atoms with Crippen LogP contribution >= 0.6 is 11.6 Å². The Morgan fingerprint density at radius 1 is 0.808 bits per heavy atom. The Morgan fingerprint density at radius 3 is 2.23 bits per heavy atom. The van der Waals surface area contributed by atoms with Gasteiger partial charge in [0, 0.05) is 48.8 Å². The van der Waals surface area contributed by atoms with Gasteiger partial charge in [-0.25, -0.2) is 4.98 Å². The topological polar surface area (TPSA) is 44.3 Å². The molecule has 5 nitrogen and oxygen atoms in total. The van der Waals surface area contributed by atoms with Gasteiger partial charge >= 0.3 is 0 Å². The SMILES string of the molecule is Clc1ccc(Nc2nccc(N3CCN(c4ccccc4)CC3)n2)cc1. The summed E-state index contributed by atoms with van der Waals surface area (Å²) in [5.41, 5.74) is 2.19. The highest BCUT2D eigenvalue weighted by molar-refractivity contribution is 6.30. The Morgan fingerprint density at radius 2 is 1.50 bits per heavy atom. The van der Waals surface area contributed by atoms with Crippen LogP contribution in [-0.2, 0) is 0 Å². The summed E-state index contributed by atoms with van der Waals surface area (Å²) in [5, 5.41) is 3.94. The second-order valence-corrected chi connectivity index (χ2v) is 6.62. The lowest BCUT2D eigenvalue weighted by molar-refractivity contribution is 0.647. The van der Waals surface area contributed by atoms with E-state index >= 15 is 0 Å². The molecule has 4 rings (SSSR count). The lowest BCUT2D eigenvalue weighted by Crippen LogP contribution is -2.46. The van der Waals surface area contributed by atoms with Gasteiger partial charge in [-0.1, -0.05) is 29.8 Å². The number of piperazine rings is 1. The van der Waals surface area contributed by atoms with Crippen molar-refractivity contribution in [3.05, 3.63) is 71.9 Å². The molecule has 0 atom stereocenters. The normalized spacial score (nSPS) is 14.3. The summed E-state index contributed by atoms with van der Waals surface area (Å²) in [4.78, 5) is 13.7. The average Bonchev–Trinajstić information content (AvgIpc) is 2.71. The molecule has 1 aliphatic heterocycles. The zero-order valence-corrected chi connectivity index (χ0v) is 15.1. The predicted octanol–water partition coefficient (Wildman–Crippen LogP) is 4.20. The van der Waals surface area contributed by atoms with Crippen LogP contribution in [-0.4, -0.2) is 36.1 Å². The van der Waals surface area contributed by atoms with Gasteiger partial charge in [-0.3, -0.25) is 0 Å². The van der Waals surface area contributed by atoms with Crippen LogP contribution in [0.15, 0.2) is 66.9 Å². The van der Waals surface area contributed by atoms with E-state index in [0.29, 0.717) is 11.0 Å². The molecule has 26 heavy (non-hydrogen) atoms. The Balaban J connectivity index is 1.42. The first-order chi connectivity index (χ1) is 12.8. The van der Waals surface area contributed by atoms with Gasteiger partial charge in [-0.05, 0) is 42.5 Å². The molecule has 3 aromatic rings. The lowest BCUT2D eigenvalue weighted by atomic mass is 10.2. The number of benzene rings is 2. The van der Waals surface area contributed by atoms with Gasteiger partial charge in [0.25, 0.3) is 0 Å². The van der Waals surface area contributed by atoms with E-state index in [4.69, 9.17) is 11.6 Å². The van der Waals surface area contributed by atoms with E-state index in [9.17, 15) is 0 Å². The van der Waals surface area contributed by atoms with Crippen molar-refractivity contribution >= 4 is 34.7 Å². The molecule has 1 fully saturated rings. The number of hydrogen-bond donors (Lipinski definition) is 1. The van der Waals surface area contributed by atoms with E-state index in [1.165, 1.54) is 5.69 Å². The number of nitrogens with zero attached hydrogens (tertiary/aromatic N) is 4. The molecule has 0 radical (unpaired) electrons. The van der Waals surface area contributed by atoms with Crippen LogP contribution < -0.4 is 15.1 Å². The molecule has 0 spiro atoms. The molecular weight excluding hydrogens is 346 g/mol. The minimum Gasteiger partial charge on any atom is -0.368 e. The molecule has 6 heteroatoms. The fourth-order valence-electron chi connectivity index (χ4n) is 3.08. The molecule has 0 saturated carbocycles. The minimum absolute atomic E-state index is 0.593. The fraction of sp³-hybridized carbons (Fsp3) is 0.200. The third-order valence-corrected chi connectivity index (χ3v) is 4.72.